The molecule has 0 saturated carbocycles. The number of nitrogens with zero attached hydrogens (tertiary/aromatic N) is 2. The molecule has 2 aromatic rings. The van der Waals surface area contributed by atoms with Crippen LogP contribution < -0.4 is 4.74 Å². The van der Waals surface area contributed by atoms with Gasteiger partial charge in [0.1, 0.15) is 0 Å². The number of pyridine rings is 2. The smallest absolute Gasteiger partial charge is 0.250 e. The molecule has 0 saturated heterocycles. The molecule has 4 heteroatoms. The summed E-state index contributed by atoms with van der Waals surface area (Å²) < 4.78 is 18.1. The maximum Gasteiger partial charge on any atom is 0.250 e. The topological polar surface area (TPSA) is 35.0 Å². The number of halogens is 1. The van der Waals surface area contributed by atoms with Crippen LogP contribution in [0.2, 0.25) is 0 Å². The average Bonchev–Trinajstić information content (AvgIpc) is 2.30. The third-order valence-electron chi connectivity index (χ3n) is 2.01. The number of hydrogen-bond acceptors (Lipinski definition) is 3. The van der Waals surface area contributed by atoms with Gasteiger partial charge in [-0.2, -0.15) is 0 Å². The molecule has 0 aromatic carbocycles. The van der Waals surface area contributed by atoms with Crippen LogP contribution in [0.25, 0.3) is 11.1 Å². The van der Waals surface area contributed by atoms with Crippen molar-refractivity contribution in [3.8, 4) is 17.0 Å². The fourth-order valence-electron chi connectivity index (χ4n) is 1.28. The van der Waals surface area contributed by atoms with Gasteiger partial charge in [0.25, 0.3) is 0 Å². The molecule has 0 amide bonds. The van der Waals surface area contributed by atoms with Crippen LogP contribution in [0.1, 0.15) is 0 Å². The van der Waals surface area contributed by atoms with Crippen LogP contribution >= 0.6 is 0 Å². The molecule has 0 bridgehead atoms. The molecule has 0 fully saturated rings. The first-order valence-corrected chi connectivity index (χ1v) is 4.41. The van der Waals surface area contributed by atoms with Crippen LogP contribution in [0.3, 0.4) is 0 Å². The van der Waals surface area contributed by atoms with Crippen LogP contribution in [0.5, 0.6) is 5.88 Å². The minimum Gasteiger partial charge on any atom is -0.479 e. The van der Waals surface area contributed by atoms with E-state index in [2.05, 4.69) is 9.97 Å². The summed E-state index contributed by atoms with van der Waals surface area (Å²) in [6.07, 6.45) is 4.87. The number of ether oxygens (including phenoxy) is 1. The normalized spacial score (nSPS) is 10.0. The van der Waals surface area contributed by atoms with Crippen LogP contribution in [0.15, 0.2) is 36.8 Å². The molecule has 2 aromatic heterocycles. The molecule has 0 atom stereocenters. The van der Waals surface area contributed by atoms with E-state index in [1.165, 1.54) is 13.2 Å². The summed E-state index contributed by atoms with van der Waals surface area (Å²) in [5.41, 5.74) is 1.58. The third kappa shape index (κ3) is 1.93. The predicted octanol–water partition coefficient (Wildman–Crippen LogP) is 2.29. The Balaban J connectivity index is 2.43. The summed E-state index contributed by atoms with van der Waals surface area (Å²) in [5, 5.41) is 0. The Hall–Kier alpha value is -1.97. The first kappa shape index (κ1) is 9.58. The molecule has 0 unspecified atom stereocenters. The zero-order valence-electron chi connectivity index (χ0n) is 8.14. The molecule has 0 aliphatic rings. The third-order valence-corrected chi connectivity index (χ3v) is 2.01. The predicted molar refractivity (Wildman–Crippen MR) is 54.0 cm³/mol. The Morgan fingerprint density at radius 1 is 1.20 bits per heavy atom. The molecular formula is C11H9FN2O. The highest BCUT2D eigenvalue weighted by Crippen LogP contribution is 2.22. The van der Waals surface area contributed by atoms with E-state index in [0.717, 1.165) is 5.56 Å². The van der Waals surface area contributed by atoms with E-state index in [4.69, 9.17) is 4.74 Å². The maximum atomic E-state index is 13.3. The second-order valence-electron chi connectivity index (χ2n) is 2.95. The van der Waals surface area contributed by atoms with E-state index in [1.54, 1.807) is 30.7 Å². The van der Waals surface area contributed by atoms with E-state index in [-0.39, 0.29) is 5.88 Å². The number of rotatable bonds is 2. The standard InChI is InChI=1S/C11H9FN2O/c1-15-11-10(12)6-9(7-14-11)8-2-4-13-5-3-8/h2-7H,1H3. The molecule has 0 spiro atoms. The van der Waals surface area contributed by atoms with E-state index < -0.39 is 5.82 Å². The summed E-state index contributed by atoms with van der Waals surface area (Å²) >= 11 is 0. The van der Waals surface area contributed by atoms with Gasteiger partial charge in [0, 0.05) is 24.2 Å². The minimum atomic E-state index is -0.466. The molecule has 0 radical (unpaired) electrons. The summed E-state index contributed by atoms with van der Waals surface area (Å²) in [6.45, 7) is 0. The van der Waals surface area contributed by atoms with Crippen molar-refractivity contribution < 1.29 is 9.13 Å². The van der Waals surface area contributed by atoms with Crippen LogP contribution in [0.4, 0.5) is 4.39 Å². The first-order valence-electron chi connectivity index (χ1n) is 4.41. The highest BCUT2D eigenvalue weighted by atomic mass is 19.1. The Labute approximate surface area is 86.6 Å². The van der Waals surface area contributed by atoms with Gasteiger partial charge in [-0.05, 0) is 23.8 Å². The van der Waals surface area contributed by atoms with Crippen molar-refractivity contribution in [1.29, 1.82) is 0 Å². The molecule has 2 heterocycles. The van der Waals surface area contributed by atoms with Gasteiger partial charge in [0.15, 0.2) is 5.82 Å². The Bertz CT molecular complexity index is 459. The quantitative estimate of drug-likeness (QED) is 0.752. The zero-order chi connectivity index (χ0) is 10.7. The SMILES string of the molecule is COc1ncc(-c2ccncc2)cc1F. The van der Waals surface area contributed by atoms with Gasteiger partial charge in [-0.1, -0.05) is 0 Å². The lowest BCUT2D eigenvalue weighted by Crippen LogP contribution is -1.92. The Morgan fingerprint density at radius 3 is 2.53 bits per heavy atom. The molecule has 0 aliphatic carbocycles. The molecule has 0 N–H and O–H groups in total. The highest BCUT2D eigenvalue weighted by molar-refractivity contribution is 5.62. The molecule has 0 aliphatic heterocycles. The summed E-state index contributed by atoms with van der Waals surface area (Å²) in [6, 6.07) is 4.98. The molecule has 76 valence electrons. The largest absolute Gasteiger partial charge is 0.479 e. The second kappa shape index (κ2) is 4.04. The van der Waals surface area contributed by atoms with Crippen LogP contribution in [-0.2, 0) is 0 Å². The highest BCUT2D eigenvalue weighted by Gasteiger charge is 2.05. The minimum absolute atomic E-state index is 0.00723. The Kier molecular flexibility index (Phi) is 2.58. The van der Waals surface area contributed by atoms with Crippen molar-refractivity contribution in [3.63, 3.8) is 0 Å². The van der Waals surface area contributed by atoms with Gasteiger partial charge in [-0.3, -0.25) is 4.98 Å². The lowest BCUT2D eigenvalue weighted by Gasteiger charge is -2.03. The fourth-order valence-corrected chi connectivity index (χ4v) is 1.28. The summed E-state index contributed by atoms with van der Waals surface area (Å²) in [5.74, 6) is -0.459. The molecular weight excluding hydrogens is 195 g/mol. The number of aromatic nitrogens is 2. The maximum absolute atomic E-state index is 13.3. The summed E-state index contributed by atoms with van der Waals surface area (Å²) in [7, 11) is 1.39. The van der Waals surface area contributed by atoms with Crippen molar-refractivity contribution in [2.45, 2.75) is 0 Å². The molecule has 2 rings (SSSR count). The summed E-state index contributed by atoms with van der Waals surface area (Å²) in [4.78, 5) is 7.74. The van der Waals surface area contributed by atoms with Gasteiger partial charge in [0.2, 0.25) is 5.88 Å². The van der Waals surface area contributed by atoms with Crippen LogP contribution in [-0.4, -0.2) is 17.1 Å². The molecule has 3 nitrogen and oxygen atoms in total. The molecule has 15 heavy (non-hydrogen) atoms. The van der Waals surface area contributed by atoms with Crippen LogP contribution in [0, 0.1) is 5.82 Å². The van der Waals surface area contributed by atoms with Crippen molar-refractivity contribution in [3.05, 3.63) is 42.6 Å². The number of methoxy groups -OCH3 is 1. The lowest BCUT2D eigenvalue weighted by molar-refractivity contribution is 0.369. The number of hydrogen-bond donors (Lipinski definition) is 0. The second-order valence-corrected chi connectivity index (χ2v) is 2.95. The Morgan fingerprint density at radius 2 is 1.93 bits per heavy atom. The van der Waals surface area contributed by atoms with Crippen molar-refractivity contribution in [2.24, 2.45) is 0 Å². The van der Waals surface area contributed by atoms with Crippen molar-refractivity contribution >= 4 is 0 Å². The van der Waals surface area contributed by atoms with E-state index in [0.29, 0.717) is 5.56 Å². The van der Waals surface area contributed by atoms with E-state index in [9.17, 15) is 4.39 Å². The van der Waals surface area contributed by atoms with E-state index >= 15 is 0 Å². The average molecular weight is 204 g/mol. The zero-order valence-corrected chi connectivity index (χ0v) is 8.14. The first-order chi connectivity index (χ1) is 7.31. The monoisotopic (exact) mass is 204 g/mol. The fraction of sp³-hybridized carbons (Fsp3) is 0.0909. The van der Waals surface area contributed by atoms with Gasteiger partial charge >= 0.3 is 0 Å². The van der Waals surface area contributed by atoms with Gasteiger partial charge in [-0.25, -0.2) is 9.37 Å². The van der Waals surface area contributed by atoms with Crippen molar-refractivity contribution in [2.75, 3.05) is 7.11 Å². The van der Waals surface area contributed by atoms with E-state index in [1.807, 2.05) is 0 Å². The van der Waals surface area contributed by atoms with Gasteiger partial charge in [0.05, 0.1) is 7.11 Å². The van der Waals surface area contributed by atoms with Crippen molar-refractivity contribution in [1.82, 2.24) is 9.97 Å². The lowest BCUT2D eigenvalue weighted by atomic mass is 10.1. The van der Waals surface area contributed by atoms with Gasteiger partial charge in [-0.15, -0.1) is 0 Å². The van der Waals surface area contributed by atoms with Gasteiger partial charge < -0.3 is 4.74 Å².